The molecule has 3 saturated carbocycles. The largest absolute Gasteiger partial charge is 0.338 e. The minimum absolute atomic E-state index is 0.0898. The number of thiazole rings is 1. The van der Waals surface area contributed by atoms with Gasteiger partial charge in [-0.05, 0) is 81.6 Å². The number of nitrogens with zero attached hydrogens (tertiary/aromatic N) is 2. The summed E-state index contributed by atoms with van der Waals surface area (Å²) < 4.78 is 0. The summed E-state index contributed by atoms with van der Waals surface area (Å²) >= 11 is 1.54. The maximum absolute atomic E-state index is 12.3. The monoisotopic (exact) mass is 470 g/mol. The Balaban J connectivity index is 1.35. The van der Waals surface area contributed by atoms with Crippen LogP contribution in [0.2, 0.25) is 0 Å². The Morgan fingerprint density at radius 3 is 2.73 bits per heavy atom. The van der Waals surface area contributed by atoms with Crippen LogP contribution < -0.4 is 10.6 Å². The van der Waals surface area contributed by atoms with Crippen molar-refractivity contribution < 1.29 is 9.59 Å². The lowest BCUT2D eigenvalue weighted by Gasteiger charge is -2.60. The van der Waals surface area contributed by atoms with E-state index in [9.17, 15) is 9.59 Å². The standard InChI is InChI=1S/C26H38N4O2S/c1-15(2)27-23(32)29-24-28-20(14-33-24)19-8-7-17-16-6-9-21-26(4,13-11-22(31)30(21)5)18(16)10-12-25(17,19)3/h11,13-19,21H,6-10,12H2,1-5H3,(H2,27,28,29,32)/t16-,17-,18-,19+,21+,25-,26+/m0/s1. The molecule has 0 bridgehead atoms. The van der Waals surface area contributed by atoms with Gasteiger partial charge in [0.05, 0.1) is 5.69 Å². The Labute approximate surface area is 201 Å². The number of carbonyl (C=O) groups is 2. The average molecular weight is 471 g/mol. The molecule has 1 aliphatic heterocycles. The molecule has 33 heavy (non-hydrogen) atoms. The lowest BCUT2D eigenvalue weighted by Crippen LogP contribution is -2.59. The quantitative estimate of drug-likeness (QED) is 0.621. The fraction of sp³-hybridized carbons (Fsp3) is 0.731. The molecule has 0 spiro atoms. The van der Waals surface area contributed by atoms with Crippen molar-refractivity contribution in [2.75, 3.05) is 12.4 Å². The summed E-state index contributed by atoms with van der Waals surface area (Å²) in [5.74, 6) is 2.69. The predicted octanol–water partition coefficient (Wildman–Crippen LogP) is 5.40. The molecular weight excluding hydrogens is 432 g/mol. The van der Waals surface area contributed by atoms with Crippen molar-refractivity contribution in [2.45, 2.75) is 84.2 Å². The van der Waals surface area contributed by atoms with E-state index in [0.717, 1.165) is 12.1 Å². The first-order valence-corrected chi connectivity index (χ1v) is 13.5. The van der Waals surface area contributed by atoms with E-state index in [1.807, 2.05) is 31.9 Å². The Hall–Kier alpha value is -1.89. The van der Waals surface area contributed by atoms with Crippen LogP contribution in [0.5, 0.6) is 0 Å². The summed E-state index contributed by atoms with van der Waals surface area (Å²) in [4.78, 5) is 31.3. The highest BCUT2D eigenvalue weighted by Gasteiger charge is 2.60. The van der Waals surface area contributed by atoms with E-state index < -0.39 is 0 Å². The molecule has 3 fully saturated rings. The number of rotatable bonds is 3. The number of aromatic nitrogens is 1. The van der Waals surface area contributed by atoms with Crippen molar-refractivity contribution in [1.82, 2.24) is 15.2 Å². The summed E-state index contributed by atoms with van der Waals surface area (Å²) in [5, 5.41) is 8.64. The number of carbonyl (C=O) groups excluding carboxylic acids is 2. The van der Waals surface area contributed by atoms with Gasteiger partial charge in [-0.1, -0.05) is 19.9 Å². The third kappa shape index (κ3) is 3.62. The smallest absolute Gasteiger partial charge is 0.321 e. The van der Waals surface area contributed by atoms with Gasteiger partial charge in [0.25, 0.3) is 0 Å². The normalized spacial score (nSPS) is 39.8. The van der Waals surface area contributed by atoms with Gasteiger partial charge in [0.1, 0.15) is 0 Å². The van der Waals surface area contributed by atoms with E-state index in [1.54, 1.807) is 0 Å². The molecule has 3 aliphatic carbocycles. The summed E-state index contributed by atoms with van der Waals surface area (Å²) in [6.45, 7) is 8.82. The maximum atomic E-state index is 12.3. The molecule has 7 atom stereocenters. The highest BCUT2D eigenvalue weighted by Crippen LogP contribution is 2.67. The van der Waals surface area contributed by atoms with Gasteiger partial charge >= 0.3 is 6.03 Å². The molecule has 4 aliphatic rings. The van der Waals surface area contributed by atoms with E-state index in [-0.39, 0.29) is 28.8 Å². The molecule has 3 amide bonds. The van der Waals surface area contributed by atoms with Crippen molar-refractivity contribution in [3.05, 3.63) is 23.2 Å². The van der Waals surface area contributed by atoms with Gasteiger partial charge in [-0.25, -0.2) is 9.78 Å². The Morgan fingerprint density at radius 1 is 1.18 bits per heavy atom. The van der Waals surface area contributed by atoms with Gasteiger partial charge in [0, 0.05) is 35.8 Å². The van der Waals surface area contributed by atoms with Crippen LogP contribution in [0.4, 0.5) is 9.93 Å². The van der Waals surface area contributed by atoms with Gasteiger partial charge in [0.15, 0.2) is 5.13 Å². The Kier molecular flexibility index (Phi) is 5.62. The van der Waals surface area contributed by atoms with Crippen LogP contribution in [0.1, 0.15) is 77.8 Å². The van der Waals surface area contributed by atoms with E-state index >= 15 is 0 Å². The number of fused-ring (bicyclic) bond motifs is 5. The van der Waals surface area contributed by atoms with Gasteiger partial charge in [-0.15, -0.1) is 11.3 Å². The molecule has 180 valence electrons. The van der Waals surface area contributed by atoms with E-state index in [1.165, 1.54) is 43.4 Å². The molecule has 2 heterocycles. The third-order valence-electron chi connectivity index (χ3n) is 9.65. The average Bonchev–Trinajstić information content (AvgIpc) is 3.33. The summed E-state index contributed by atoms with van der Waals surface area (Å²) in [5.41, 5.74) is 1.51. The number of nitrogens with one attached hydrogen (secondary N) is 2. The number of amides is 3. The molecule has 0 saturated heterocycles. The maximum Gasteiger partial charge on any atom is 0.321 e. The molecule has 0 aromatic carbocycles. The van der Waals surface area contributed by atoms with E-state index in [4.69, 9.17) is 4.98 Å². The second-order valence-corrected chi connectivity index (χ2v) is 12.5. The minimum atomic E-state index is -0.184. The fourth-order valence-electron chi connectivity index (χ4n) is 8.12. The van der Waals surface area contributed by atoms with Gasteiger partial charge in [-0.2, -0.15) is 0 Å². The van der Waals surface area contributed by atoms with Crippen molar-refractivity contribution in [1.29, 1.82) is 0 Å². The number of urea groups is 1. The topological polar surface area (TPSA) is 74.3 Å². The predicted molar refractivity (Wildman–Crippen MR) is 132 cm³/mol. The molecule has 0 radical (unpaired) electrons. The van der Waals surface area contributed by atoms with E-state index in [2.05, 4.69) is 35.9 Å². The molecular formula is C26H38N4O2S. The summed E-state index contributed by atoms with van der Waals surface area (Å²) in [6, 6.07) is 0.251. The molecule has 2 N–H and O–H groups in total. The number of hydrogen-bond acceptors (Lipinski definition) is 4. The lowest BCUT2D eigenvalue weighted by molar-refractivity contribution is -0.138. The van der Waals surface area contributed by atoms with Gasteiger partial charge < -0.3 is 10.2 Å². The molecule has 1 aromatic heterocycles. The first kappa shape index (κ1) is 22.9. The van der Waals surface area contributed by atoms with Crippen molar-refractivity contribution in [2.24, 2.45) is 28.6 Å². The van der Waals surface area contributed by atoms with Crippen LogP contribution in [0.25, 0.3) is 0 Å². The van der Waals surface area contributed by atoms with Crippen LogP contribution in [0.15, 0.2) is 17.5 Å². The molecule has 5 rings (SSSR count). The van der Waals surface area contributed by atoms with Crippen LogP contribution in [-0.4, -0.2) is 41.0 Å². The Morgan fingerprint density at radius 2 is 1.97 bits per heavy atom. The zero-order chi connectivity index (χ0) is 23.5. The third-order valence-corrected chi connectivity index (χ3v) is 10.4. The van der Waals surface area contributed by atoms with Crippen LogP contribution in [0.3, 0.4) is 0 Å². The zero-order valence-corrected chi connectivity index (χ0v) is 21.4. The van der Waals surface area contributed by atoms with Crippen molar-refractivity contribution in [3.8, 4) is 0 Å². The first-order chi connectivity index (χ1) is 15.6. The molecule has 0 unspecified atom stereocenters. The van der Waals surface area contributed by atoms with Gasteiger partial charge in [-0.3, -0.25) is 10.1 Å². The molecule has 6 nitrogen and oxygen atoms in total. The number of likely N-dealkylation sites (N-methyl/N-ethyl adjacent to an activating group) is 1. The van der Waals surface area contributed by atoms with E-state index in [0.29, 0.717) is 34.8 Å². The second kappa shape index (κ2) is 8.10. The highest BCUT2D eigenvalue weighted by molar-refractivity contribution is 7.13. The molecule has 1 aromatic rings. The van der Waals surface area contributed by atoms with Crippen LogP contribution >= 0.6 is 11.3 Å². The van der Waals surface area contributed by atoms with Gasteiger partial charge in [0.2, 0.25) is 5.91 Å². The van der Waals surface area contributed by atoms with Crippen molar-refractivity contribution >= 4 is 28.4 Å². The number of anilines is 1. The zero-order valence-electron chi connectivity index (χ0n) is 20.6. The highest BCUT2D eigenvalue weighted by atomic mass is 32.1. The first-order valence-electron chi connectivity index (χ1n) is 12.6. The van der Waals surface area contributed by atoms with Crippen LogP contribution in [-0.2, 0) is 4.79 Å². The fourth-order valence-corrected chi connectivity index (χ4v) is 8.88. The number of hydrogen-bond donors (Lipinski definition) is 2. The van der Waals surface area contributed by atoms with Crippen molar-refractivity contribution in [3.63, 3.8) is 0 Å². The second-order valence-electron chi connectivity index (χ2n) is 11.6. The lowest BCUT2D eigenvalue weighted by atomic mass is 9.47. The summed E-state index contributed by atoms with van der Waals surface area (Å²) in [7, 11) is 1.99. The minimum Gasteiger partial charge on any atom is -0.338 e. The molecule has 7 heteroatoms. The van der Waals surface area contributed by atoms with Crippen LogP contribution in [0, 0.1) is 28.6 Å². The Bertz CT molecular complexity index is 973. The summed E-state index contributed by atoms with van der Waals surface area (Å²) in [6.07, 6.45) is 11.3. The SMILES string of the molecule is CC(C)NC(=O)Nc1nc([C@H]2CC[C@H]3[C@@H]4CC[C@H]5N(C)C(=O)C=C[C@]5(C)[C@H]4CC[C@]23C)cs1.